The van der Waals surface area contributed by atoms with Gasteiger partial charge >= 0.3 is 0 Å². The Kier molecular flexibility index (Phi) is 3.22. The van der Waals surface area contributed by atoms with Crippen LogP contribution in [0.25, 0.3) is 0 Å². The molecule has 1 unspecified atom stereocenters. The first-order valence-corrected chi connectivity index (χ1v) is 6.54. The molecule has 2 rings (SSSR count). The zero-order chi connectivity index (χ0) is 9.80. The monoisotopic (exact) mass is 223 g/mol. The highest BCUT2D eigenvalue weighted by molar-refractivity contribution is 7.10. The second-order valence-corrected chi connectivity index (χ2v) is 4.89. The molecule has 2 aromatic rings. The number of nitrogens with one attached hydrogen (secondary N) is 1. The molecule has 74 valence electrons. The van der Waals surface area contributed by atoms with Gasteiger partial charge in [0.15, 0.2) is 0 Å². The van der Waals surface area contributed by atoms with Crippen LogP contribution in [-0.2, 0) is 0 Å². The van der Waals surface area contributed by atoms with Gasteiger partial charge in [-0.1, -0.05) is 13.0 Å². The fourth-order valence-corrected chi connectivity index (χ4v) is 2.87. The first-order valence-electron chi connectivity index (χ1n) is 4.72. The minimum atomic E-state index is 0.463. The minimum Gasteiger partial charge on any atom is -0.377 e. The van der Waals surface area contributed by atoms with E-state index in [-0.39, 0.29) is 0 Å². The van der Waals surface area contributed by atoms with Gasteiger partial charge in [0.05, 0.1) is 6.04 Å². The molecule has 0 spiro atoms. The Hall–Kier alpha value is -0.800. The van der Waals surface area contributed by atoms with Crippen LogP contribution in [0.3, 0.4) is 0 Å². The Bertz CT molecular complexity index is 351. The summed E-state index contributed by atoms with van der Waals surface area (Å²) < 4.78 is 0. The fraction of sp³-hybridized carbons (Fsp3) is 0.273. The molecule has 14 heavy (non-hydrogen) atoms. The summed E-state index contributed by atoms with van der Waals surface area (Å²) >= 11 is 3.55. The minimum absolute atomic E-state index is 0.463. The van der Waals surface area contributed by atoms with Crippen molar-refractivity contribution in [1.29, 1.82) is 0 Å². The highest BCUT2D eigenvalue weighted by Crippen LogP contribution is 2.26. The summed E-state index contributed by atoms with van der Waals surface area (Å²) in [5.41, 5.74) is 1.23. The van der Waals surface area contributed by atoms with E-state index in [2.05, 4.69) is 46.6 Å². The molecule has 0 saturated carbocycles. The molecule has 3 heteroatoms. The topological polar surface area (TPSA) is 12.0 Å². The van der Waals surface area contributed by atoms with Crippen LogP contribution in [0.2, 0.25) is 0 Å². The van der Waals surface area contributed by atoms with Crippen molar-refractivity contribution in [2.45, 2.75) is 19.4 Å². The summed E-state index contributed by atoms with van der Waals surface area (Å²) in [5.74, 6) is 0. The van der Waals surface area contributed by atoms with Gasteiger partial charge in [0.1, 0.15) is 0 Å². The van der Waals surface area contributed by atoms with E-state index in [0.29, 0.717) is 6.04 Å². The molecular formula is C11H13NS2. The van der Waals surface area contributed by atoms with Crippen molar-refractivity contribution < 1.29 is 0 Å². The van der Waals surface area contributed by atoms with Gasteiger partial charge in [-0.25, -0.2) is 0 Å². The first-order chi connectivity index (χ1) is 6.90. The maximum Gasteiger partial charge on any atom is 0.0604 e. The van der Waals surface area contributed by atoms with Gasteiger partial charge in [0, 0.05) is 15.9 Å². The third-order valence-electron chi connectivity index (χ3n) is 2.16. The summed E-state index contributed by atoms with van der Waals surface area (Å²) in [6, 6.07) is 6.89. The molecule has 0 fully saturated rings. The standard InChI is InChI=1S/C11H13NS2/c1-2-10(11-4-3-6-14-11)12-9-5-7-13-8-9/h3-8,10,12H,2H2,1H3. The van der Waals surface area contributed by atoms with Crippen molar-refractivity contribution in [1.82, 2.24) is 0 Å². The van der Waals surface area contributed by atoms with Crippen LogP contribution in [0.15, 0.2) is 34.3 Å². The van der Waals surface area contributed by atoms with Crippen LogP contribution in [0.4, 0.5) is 5.69 Å². The Morgan fingerprint density at radius 1 is 1.36 bits per heavy atom. The van der Waals surface area contributed by atoms with E-state index in [1.54, 1.807) is 11.3 Å². The maximum absolute atomic E-state index is 3.53. The van der Waals surface area contributed by atoms with E-state index >= 15 is 0 Å². The van der Waals surface area contributed by atoms with Gasteiger partial charge in [-0.05, 0) is 29.3 Å². The van der Waals surface area contributed by atoms with Crippen molar-refractivity contribution in [3.8, 4) is 0 Å². The molecule has 0 radical (unpaired) electrons. The Balaban J connectivity index is 2.08. The lowest BCUT2D eigenvalue weighted by Crippen LogP contribution is -2.06. The van der Waals surface area contributed by atoms with Gasteiger partial charge < -0.3 is 5.32 Å². The lowest BCUT2D eigenvalue weighted by atomic mass is 10.2. The van der Waals surface area contributed by atoms with Crippen molar-refractivity contribution in [2.75, 3.05) is 5.32 Å². The van der Waals surface area contributed by atoms with Crippen molar-refractivity contribution in [2.24, 2.45) is 0 Å². The van der Waals surface area contributed by atoms with Gasteiger partial charge in [-0.2, -0.15) is 11.3 Å². The Morgan fingerprint density at radius 3 is 2.86 bits per heavy atom. The number of anilines is 1. The van der Waals surface area contributed by atoms with Crippen LogP contribution in [0.5, 0.6) is 0 Å². The first kappa shape index (κ1) is 9.74. The number of hydrogen-bond donors (Lipinski definition) is 1. The number of hydrogen-bond acceptors (Lipinski definition) is 3. The SMILES string of the molecule is CCC(Nc1ccsc1)c1cccs1. The van der Waals surface area contributed by atoms with Gasteiger partial charge in [-0.15, -0.1) is 11.3 Å². The van der Waals surface area contributed by atoms with E-state index in [1.165, 1.54) is 10.6 Å². The van der Waals surface area contributed by atoms with E-state index in [0.717, 1.165) is 6.42 Å². The van der Waals surface area contributed by atoms with Gasteiger partial charge in [0.25, 0.3) is 0 Å². The summed E-state index contributed by atoms with van der Waals surface area (Å²) in [6.45, 7) is 2.21. The zero-order valence-corrected chi connectivity index (χ0v) is 9.70. The normalized spacial score (nSPS) is 12.6. The molecule has 0 bridgehead atoms. The molecule has 1 atom stereocenters. The van der Waals surface area contributed by atoms with Gasteiger partial charge in [-0.3, -0.25) is 0 Å². The molecule has 1 N–H and O–H groups in total. The van der Waals surface area contributed by atoms with E-state index < -0.39 is 0 Å². The molecule has 2 heterocycles. The lowest BCUT2D eigenvalue weighted by Gasteiger charge is -2.15. The molecule has 0 aromatic carbocycles. The molecule has 0 saturated heterocycles. The van der Waals surface area contributed by atoms with Crippen LogP contribution >= 0.6 is 22.7 Å². The molecule has 1 nitrogen and oxygen atoms in total. The average Bonchev–Trinajstić information content (AvgIpc) is 2.86. The summed E-state index contributed by atoms with van der Waals surface area (Å²) in [7, 11) is 0. The lowest BCUT2D eigenvalue weighted by molar-refractivity contribution is 0.764. The molecule has 0 aliphatic rings. The van der Waals surface area contributed by atoms with Crippen LogP contribution in [0, 0.1) is 0 Å². The van der Waals surface area contributed by atoms with Crippen LogP contribution in [0.1, 0.15) is 24.3 Å². The second-order valence-electron chi connectivity index (χ2n) is 3.13. The third-order valence-corrected chi connectivity index (χ3v) is 3.83. The smallest absolute Gasteiger partial charge is 0.0604 e. The fourth-order valence-electron chi connectivity index (χ4n) is 1.41. The number of thiophene rings is 2. The molecule has 0 aliphatic heterocycles. The highest BCUT2D eigenvalue weighted by atomic mass is 32.1. The van der Waals surface area contributed by atoms with E-state index in [1.807, 2.05) is 11.3 Å². The quantitative estimate of drug-likeness (QED) is 0.811. The van der Waals surface area contributed by atoms with E-state index in [9.17, 15) is 0 Å². The summed E-state index contributed by atoms with van der Waals surface area (Å²) in [6.07, 6.45) is 1.12. The predicted molar refractivity (Wildman–Crippen MR) is 65.3 cm³/mol. The second kappa shape index (κ2) is 4.62. The Morgan fingerprint density at radius 2 is 2.29 bits per heavy atom. The average molecular weight is 223 g/mol. The third kappa shape index (κ3) is 2.16. The molecule has 0 aliphatic carbocycles. The molecule has 0 amide bonds. The van der Waals surface area contributed by atoms with Crippen LogP contribution in [-0.4, -0.2) is 0 Å². The molecule has 2 aromatic heterocycles. The molecular weight excluding hydrogens is 210 g/mol. The predicted octanol–water partition coefficient (Wildman–Crippen LogP) is 4.37. The van der Waals surface area contributed by atoms with Crippen molar-refractivity contribution >= 4 is 28.4 Å². The van der Waals surface area contributed by atoms with Crippen LogP contribution < -0.4 is 5.32 Å². The highest BCUT2D eigenvalue weighted by Gasteiger charge is 2.09. The largest absolute Gasteiger partial charge is 0.377 e. The van der Waals surface area contributed by atoms with E-state index in [4.69, 9.17) is 0 Å². The summed E-state index contributed by atoms with van der Waals surface area (Å²) in [5, 5.41) is 9.91. The van der Waals surface area contributed by atoms with Crippen molar-refractivity contribution in [3.05, 3.63) is 39.2 Å². The zero-order valence-electron chi connectivity index (χ0n) is 8.07. The van der Waals surface area contributed by atoms with Crippen molar-refractivity contribution in [3.63, 3.8) is 0 Å². The Labute approximate surface area is 92.4 Å². The van der Waals surface area contributed by atoms with Gasteiger partial charge in [0.2, 0.25) is 0 Å². The summed E-state index contributed by atoms with van der Waals surface area (Å²) in [4.78, 5) is 1.42. The number of rotatable bonds is 4. The maximum atomic E-state index is 3.53.